The fourth-order valence-electron chi connectivity index (χ4n) is 2.17. The molecule has 0 N–H and O–H groups in total. The van der Waals surface area contributed by atoms with Crippen LogP contribution in [0.1, 0.15) is 11.1 Å². The maximum absolute atomic E-state index is 12.2. The van der Waals surface area contributed by atoms with Crippen LogP contribution in [-0.2, 0) is 10.0 Å². The minimum atomic E-state index is -3.57. The Morgan fingerprint density at radius 2 is 1.82 bits per heavy atom. The second kappa shape index (κ2) is 6.08. The quantitative estimate of drug-likeness (QED) is 0.869. The normalized spacial score (nSPS) is 10.8. The lowest BCUT2D eigenvalue weighted by Gasteiger charge is -2.23. The molecule has 0 radical (unpaired) electrons. The molecule has 0 fully saturated rings. The molecule has 0 aliphatic heterocycles. The summed E-state index contributed by atoms with van der Waals surface area (Å²) in [5.74, 6) is 0.600. The van der Waals surface area contributed by atoms with Gasteiger partial charge in [0.1, 0.15) is 5.75 Å². The molecule has 0 spiro atoms. The average Bonchev–Trinajstić information content (AvgIpc) is 2.48. The van der Waals surface area contributed by atoms with Gasteiger partial charge in [-0.3, -0.25) is 0 Å². The molecule has 0 saturated heterocycles. The molecule has 6 heteroatoms. The van der Waals surface area contributed by atoms with Crippen molar-refractivity contribution in [3.8, 4) is 11.8 Å². The summed E-state index contributed by atoms with van der Waals surface area (Å²) in [6.07, 6.45) is 1.12. The van der Waals surface area contributed by atoms with Crippen molar-refractivity contribution in [2.45, 2.75) is 6.92 Å². The number of methoxy groups -OCH3 is 1. The fourth-order valence-corrected chi connectivity index (χ4v) is 3.16. The standard InChI is InChI=1S/C16H16N2O3S/c1-12-7-8-15(10-16(12)21-2)18(22(3,19)20)14-6-4-5-13(9-14)11-17/h4-10H,1-3H3. The summed E-state index contributed by atoms with van der Waals surface area (Å²) in [4.78, 5) is 0. The molecular formula is C16H16N2O3S. The molecule has 22 heavy (non-hydrogen) atoms. The Morgan fingerprint density at radius 3 is 2.41 bits per heavy atom. The molecule has 2 rings (SSSR count). The summed E-state index contributed by atoms with van der Waals surface area (Å²) in [6, 6.07) is 13.6. The van der Waals surface area contributed by atoms with Crippen LogP contribution in [0.4, 0.5) is 11.4 Å². The number of nitriles is 1. The average molecular weight is 316 g/mol. The first-order valence-corrected chi connectivity index (χ1v) is 8.37. The van der Waals surface area contributed by atoms with Crippen molar-refractivity contribution in [3.05, 3.63) is 53.6 Å². The van der Waals surface area contributed by atoms with E-state index in [4.69, 9.17) is 10.00 Å². The van der Waals surface area contributed by atoms with Crippen molar-refractivity contribution in [1.82, 2.24) is 0 Å². The molecule has 2 aromatic carbocycles. The van der Waals surface area contributed by atoms with Gasteiger partial charge >= 0.3 is 0 Å². The molecule has 0 aromatic heterocycles. The second-order valence-electron chi connectivity index (χ2n) is 4.84. The summed E-state index contributed by atoms with van der Waals surface area (Å²) in [5, 5.41) is 9.00. The number of aryl methyl sites for hydroxylation is 1. The van der Waals surface area contributed by atoms with Gasteiger partial charge in [0.15, 0.2) is 0 Å². The number of hydrogen-bond donors (Lipinski definition) is 0. The minimum absolute atomic E-state index is 0.394. The highest BCUT2D eigenvalue weighted by molar-refractivity contribution is 7.92. The van der Waals surface area contributed by atoms with Crippen LogP contribution in [0.3, 0.4) is 0 Å². The van der Waals surface area contributed by atoms with Crippen LogP contribution in [0, 0.1) is 18.3 Å². The van der Waals surface area contributed by atoms with Gasteiger partial charge in [-0.05, 0) is 36.8 Å². The third-order valence-electron chi connectivity index (χ3n) is 3.17. The Labute approximate surface area is 130 Å². The van der Waals surface area contributed by atoms with Crippen LogP contribution >= 0.6 is 0 Å². The second-order valence-corrected chi connectivity index (χ2v) is 6.67. The molecule has 0 aliphatic carbocycles. The molecule has 0 saturated carbocycles. The summed E-state index contributed by atoms with van der Waals surface area (Å²) in [5.41, 5.74) is 2.17. The van der Waals surface area contributed by atoms with Gasteiger partial charge in [0.2, 0.25) is 10.0 Å². The Kier molecular flexibility index (Phi) is 4.38. The molecule has 0 amide bonds. The number of sulfonamides is 1. The van der Waals surface area contributed by atoms with Crippen LogP contribution < -0.4 is 9.04 Å². The van der Waals surface area contributed by atoms with Crippen molar-refractivity contribution in [1.29, 1.82) is 5.26 Å². The number of benzene rings is 2. The monoisotopic (exact) mass is 316 g/mol. The Bertz CT molecular complexity index is 839. The number of anilines is 2. The molecule has 2 aromatic rings. The van der Waals surface area contributed by atoms with E-state index in [9.17, 15) is 8.42 Å². The number of nitrogens with zero attached hydrogens (tertiary/aromatic N) is 2. The van der Waals surface area contributed by atoms with Crippen LogP contribution in [0.2, 0.25) is 0 Å². The Balaban J connectivity index is 2.64. The van der Waals surface area contributed by atoms with E-state index < -0.39 is 10.0 Å². The first kappa shape index (κ1) is 15.9. The van der Waals surface area contributed by atoms with Gasteiger partial charge in [-0.15, -0.1) is 0 Å². The van der Waals surface area contributed by atoms with E-state index in [1.165, 1.54) is 17.5 Å². The number of hydrogen-bond acceptors (Lipinski definition) is 4. The van der Waals surface area contributed by atoms with E-state index in [-0.39, 0.29) is 0 Å². The first-order chi connectivity index (χ1) is 10.4. The van der Waals surface area contributed by atoms with Gasteiger partial charge in [0.25, 0.3) is 0 Å². The molecule has 5 nitrogen and oxygen atoms in total. The van der Waals surface area contributed by atoms with Crippen molar-refractivity contribution >= 4 is 21.4 Å². The highest BCUT2D eigenvalue weighted by atomic mass is 32.2. The van der Waals surface area contributed by atoms with E-state index in [1.807, 2.05) is 13.0 Å². The Morgan fingerprint density at radius 1 is 1.14 bits per heavy atom. The van der Waals surface area contributed by atoms with Crippen LogP contribution in [0.5, 0.6) is 5.75 Å². The fraction of sp³-hybridized carbons (Fsp3) is 0.188. The maximum Gasteiger partial charge on any atom is 0.236 e. The third-order valence-corrected chi connectivity index (χ3v) is 4.25. The molecule has 0 bridgehead atoms. The summed E-state index contributed by atoms with van der Waals surface area (Å²) >= 11 is 0. The topological polar surface area (TPSA) is 70.4 Å². The zero-order valence-corrected chi connectivity index (χ0v) is 13.4. The van der Waals surface area contributed by atoms with Crippen LogP contribution in [0.25, 0.3) is 0 Å². The van der Waals surface area contributed by atoms with Crippen LogP contribution in [0.15, 0.2) is 42.5 Å². The lowest BCUT2D eigenvalue weighted by atomic mass is 10.2. The lowest BCUT2D eigenvalue weighted by molar-refractivity contribution is 0.412. The SMILES string of the molecule is COc1cc(N(c2cccc(C#N)c2)S(C)(=O)=O)ccc1C. The first-order valence-electron chi connectivity index (χ1n) is 6.52. The molecular weight excluding hydrogens is 300 g/mol. The maximum atomic E-state index is 12.2. The van der Waals surface area contributed by atoms with Crippen molar-refractivity contribution < 1.29 is 13.2 Å². The smallest absolute Gasteiger partial charge is 0.236 e. The minimum Gasteiger partial charge on any atom is -0.496 e. The molecule has 0 atom stereocenters. The zero-order chi connectivity index (χ0) is 16.3. The van der Waals surface area contributed by atoms with Crippen molar-refractivity contribution in [2.75, 3.05) is 17.7 Å². The highest BCUT2D eigenvalue weighted by Gasteiger charge is 2.21. The molecule has 114 valence electrons. The van der Waals surface area contributed by atoms with E-state index in [1.54, 1.807) is 36.4 Å². The van der Waals surface area contributed by atoms with E-state index in [0.29, 0.717) is 22.7 Å². The van der Waals surface area contributed by atoms with Gasteiger partial charge in [-0.2, -0.15) is 5.26 Å². The van der Waals surface area contributed by atoms with E-state index in [0.717, 1.165) is 11.8 Å². The van der Waals surface area contributed by atoms with Gasteiger partial charge in [-0.1, -0.05) is 12.1 Å². The third kappa shape index (κ3) is 3.21. The van der Waals surface area contributed by atoms with Gasteiger partial charge in [-0.25, -0.2) is 12.7 Å². The number of rotatable bonds is 4. The molecule has 0 aliphatic rings. The lowest BCUT2D eigenvalue weighted by Crippen LogP contribution is -2.24. The molecule has 0 heterocycles. The number of ether oxygens (including phenoxy) is 1. The molecule has 0 unspecified atom stereocenters. The predicted octanol–water partition coefficient (Wildman–Crippen LogP) is 2.97. The van der Waals surface area contributed by atoms with Crippen molar-refractivity contribution in [2.24, 2.45) is 0 Å². The van der Waals surface area contributed by atoms with Gasteiger partial charge in [0, 0.05) is 6.07 Å². The van der Waals surface area contributed by atoms with E-state index in [2.05, 4.69) is 0 Å². The van der Waals surface area contributed by atoms with Gasteiger partial charge < -0.3 is 4.74 Å². The zero-order valence-electron chi connectivity index (χ0n) is 12.6. The summed E-state index contributed by atoms with van der Waals surface area (Å²) in [7, 11) is -2.03. The predicted molar refractivity (Wildman–Crippen MR) is 85.9 cm³/mol. The van der Waals surface area contributed by atoms with Crippen LogP contribution in [-0.4, -0.2) is 21.8 Å². The highest BCUT2D eigenvalue weighted by Crippen LogP contribution is 2.32. The van der Waals surface area contributed by atoms with Crippen molar-refractivity contribution in [3.63, 3.8) is 0 Å². The summed E-state index contributed by atoms with van der Waals surface area (Å²) < 4.78 is 30.9. The largest absolute Gasteiger partial charge is 0.496 e. The van der Waals surface area contributed by atoms with Gasteiger partial charge in [0.05, 0.1) is 36.4 Å². The van der Waals surface area contributed by atoms with E-state index >= 15 is 0 Å². The Hall–Kier alpha value is -2.52. The summed E-state index contributed by atoms with van der Waals surface area (Å²) in [6.45, 7) is 1.88.